The van der Waals surface area contributed by atoms with Crippen molar-refractivity contribution in [1.29, 1.82) is 0 Å². The second-order valence-electron chi connectivity index (χ2n) is 35.7. The van der Waals surface area contributed by atoms with Crippen LogP contribution in [-0.4, -0.2) is 16.2 Å². The smallest absolute Gasteiger partial charge is 0.137 e. The summed E-state index contributed by atoms with van der Waals surface area (Å²) in [6.45, 7) is 56.8. The van der Waals surface area contributed by atoms with Crippen LogP contribution in [0.15, 0.2) is 176 Å². The van der Waals surface area contributed by atoms with E-state index >= 15 is 0 Å². The molecular formula is C93H106N4OS. The maximum absolute atomic E-state index is 7.78. The van der Waals surface area contributed by atoms with E-state index in [1.165, 1.54) is 115 Å². The Morgan fingerprint density at radius 3 is 1.46 bits per heavy atom. The predicted octanol–water partition coefficient (Wildman–Crippen LogP) is 27.7. The van der Waals surface area contributed by atoms with E-state index < -0.39 is 0 Å². The van der Waals surface area contributed by atoms with Gasteiger partial charge >= 0.3 is 0 Å². The van der Waals surface area contributed by atoms with Crippen LogP contribution in [0.4, 0.5) is 22.7 Å². The molecule has 4 heterocycles. The van der Waals surface area contributed by atoms with Gasteiger partial charge in [-0.2, -0.15) is 0 Å². The van der Waals surface area contributed by atoms with Crippen LogP contribution in [0.2, 0.25) is 0 Å². The maximum atomic E-state index is 7.78. The van der Waals surface area contributed by atoms with Gasteiger partial charge in [-0.15, -0.1) is 11.3 Å². The molecule has 0 spiro atoms. The first-order valence-corrected chi connectivity index (χ1v) is 37.2. The summed E-state index contributed by atoms with van der Waals surface area (Å²) in [5.74, 6) is 3.33. The molecule has 1 aliphatic rings. The summed E-state index contributed by atoms with van der Waals surface area (Å²) in [5, 5.41) is 5.06. The number of fused-ring (bicyclic) bond motifs is 8. The molecule has 99 heavy (non-hydrogen) atoms. The van der Waals surface area contributed by atoms with E-state index in [-0.39, 0.29) is 44.3 Å². The fourth-order valence-corrected chi connectivity index (χ4v) is 16.1. The zero-order chi connectivity index (χ0) is 71.1. The van der Waals surface area contributed by atoms with Gasteiger partial charge in [-0.05, 0) is 177 Å². The van der Waals surface area contributed by atoms with Crippen LogP contribution in [0.5, 0.6) is 11.5 Å². The molecule has 6 heteroatoms. The number of anilines is 4. The molecule has 0 saturated heterocycles. The first kappa shape index (κ1) is 69.0. The Bertz CT molecular complexity index is 4950. The highest BCUT2D eigenvalue weighted by atomic mass is 32.1. The van der Waals surface area contributed by atoms with E-state index in [2.05, 4.69) is 350 Å². The molecule has 510 valence electrons. The Morgan fingerprint density at radius 1 is 0.414 bits per heavy atom. The van der Waals surface area contributed by atoms with E-state index in [9.17, 15) is 0 Å². The first-order valence-electron chi connectivity index (χ1n) is 36.3. The van der Waals surface area contributed by atoms with E-state index in [4.69, 9.17) is 9.72 Å². The highest BCUT2D eigenvalue weighted by molar-refractivity contribution is 7.26. The quantitative estimate of drug-likeness (QED) is 0.129. The standard InChI is InChI=1S/C93H106N4OS/c1-55(2)58-46-74(56(3)4)83(75(47-58)57(5)6)61-44-67(51-68(45-61)98-69-52-76(93(22,23)24)84-80(53-69)97(82-50-62(38-39-94-82)88(7,8)9)79-37-36-73-72-30-25-28-35-81(72)99-87(73)85(79)84)95-54-96(78-34-27-26-33-77(78)95)86-70(59-40-63(89(10,11)12)48-64(41-59)90(13,14)15)31-29-32-71(86)60-42-65(91(16,17)18)49-66(43-60)92(19,20)21/h25-53,55-57H,54H2,1-24H3. The number of hydrogen-bond acceptors (Lipinski definition) is 5. The molecule has 12 aromatic rings. The molecule has 0 N–H and O–H groups in total. The minimum atomic E-state index is -0.289. The molecule has 0 fully saturated rings. The Hall–Kier alpha value is -8.45. The van der Waals surface area contributed by atoms with E-state index in [1.54, 1.807) is 0 Å². The van der Waals surface area contributed by atoms with Crippen LogP contribution in [0.25, 0.3) is 81.2 Å². The number of para-hydroxylation sites is 3. The maximum Gasteiger partial charge on any atom is 0.137 e. The normalized spacial score (nSPS) is 13.6. The van der Waals surface area contributed by atoms with Crippen molar-refractivity contribution in [3.05, 3.63) is 226 Å². The van der Waals surface area contributed by atoms with E-state index in [1.807, 2.05) is 17.5 Å². The number of pyridine rings is 1. The monoisotopic (exact) mass is 1330 g/mol. The van der Waals surface area contributed by atoms with Gasteiger partial charge in [0.2, 0.25) is 0 Å². The average Bonchev–Trinajstić information content (AvgIpc) is 1.54. The highest BCUT2D eigenvalue weighted by Gasteiger charge is 2.35. The topological polar surface area (TPSA) is 33.5 Å². The van der Waals surface area contributed by atoms with Crippen LogP contribution in [-0.2, 0) is 32.5 Å². The summed E-state index contributed by atoms with van der Waals surface area (Å²) in [5.41, 5.74) is 25.2. The first-order chi connectivity index (χ1) is 46.3. The van der Waals surface area contributed by atoms with Crippen molar-refractivity contribution in [2.24, 2.45) is 0 Å². The zero-order valence-electron chi connectivity index (χ0n) is 63.8. The van der Waals surface area contributed by atoms with Gasteiger partial charge in [0.15, 0.2) is 0 Å². The molecular weight excluding hydrogens is 1220 g/mol. The van der Waals surface area contributed by atoms with Crippen molar-refractivity contribution in [2.45, 2.75) is 216 Å². The lowest BCUT2D eigenvalue weighted by atomic mass is 9.77. The average molecular weight is 1330 g/mol. The summed E-state index contributed by atoms with van der Waals surface area (Å²) in [6, 6.07) is 65.8. The van der Waals surface area contributed by atoms with Crippen LogP contribution < -0.4 is 14.5 Å². The largest absolute Gasteiger partial charge is 0.457 e. The third kappa shape index (κ3) is 12.9. The van der Waals surface area contributed by atoms with Crippen LogP contribution in [0.1, 0.15) is 234 Å². The number of nitrogens with zero attached hydrogens (tertiary/aromatic N) is 4. The van der Waals surface area contributed by atoms with Gasteiger partial charge in [0, 0.05) is 66.1 Å². The highest BCUT2D eigenvalue weighted by Crippen LogP contribution is 2.54. The van der Waals surface area contributed by atoms with Crippen LogP contribution >= 0.6 is 11.3 Å². The summed E-state index contributed by atoms with van der Waals surface area (Å²) in [7, 11) is 0. The Morgan fingerprint density at radius 2 is 0.939 bits per heavy atom. The van der Waals surface area contributed by atoms with E-state index in [0.29, 0.717) is 12.6 Å². The third-order valence-electron chi connectivity index (χ3n) is 20.9. The second kappa shape index (κ2) is 24.7. The molecule has 0 saturated carbocycles. The number of thiophene rings is 1. The van der Waals surface area contributed by atoms with Gasteiger partial charge in [0.05, 0.1) is 28.1 Å². The van der Waals surface area contributed by atoms with Crippen LogP contribution in [0, 0.1) is 0 Å². The summed E-state index contributed by atoms with van der Waals surface area (Å²) in [6.07, 6.45) is 1.99. The van der Waals surface area contributed by atoms with Crippen molar-refractivity contribution < 1.29 is 4.74 Å². The molecule has 0 radical (unpaired) electrons. The molecule has 9 aromatic carbocycles. The van der Waals surface area contributed by atoms with Gasteiger partial charge < -0.3 is 14.5 Å². The zero-order valence-corrected chi connectivity index (χ0v) is 64.6. The van der Waals surface area contributed by atoms with Gasteiger partial charge in [-0.25, -0.2) is 4.98 Å². The fraction of sp³-hybridized carbons (Fsp3) is 0.366. The third-order valence-corrected chi connectivity index (χ3v) is 22.1. The fourth-order valence-electron chi connectivity index (χ4n) is 14.9. The number of benzene rings is 9. The summed E-state index contributed by atoms with van der Waals surface area (Å²) in [4.78, 5) is 10.4. The van der Waals surface area contributed by atoms with Gasteiger partial charge in [-0.1, -0.05) is 269 Å². The molecule has 0 aliphatic carbocycles. The van der Waals surface area contributed by atoms with E-state index in [0.717, 1.165) is 51.0 Å². The number of hydrogen-bond donors (Lipinski definition) is 0. The molecule has 13 rings (SSSR count). The second-order valence-corrected chi connectivity index (χ2v) is 36.7. The van der Waals surface area contributed by atoms with Crippen LogP contribution in [0.3, 0.4) is 0 Å². The van der Waals surface area contributed by atoms with Gasteiger partial charge in [0.1, 0.15) is 24.0 Å². The lowest BCUT2D eigenvalue weighted by Gasteiger charge is -2.31. The minimum absolute atomic E-state index is 0.0849. The Labute approximate surface area is 596 Å². The lowest BCUT2D eigenvalue weighted by molar-refractivity contribution is 0.480. The summed E-state index contributed by atoms with van der Waals surface area (Å²) >= 11 is 1.89. The number of rotatable bonds is 11. The minimum Gasteiger partial charge on any atom is -0.457 e. The van der Waals surface area contributed by atoms with Crippen molar-refractivity contribution >= 4 is 76.1 Å². The number of ether oxygens (including phenoxy) is 1. The Kier molecular flexibility index (Phi) is 17.2. The van der Waals surface area contributed by atoms with Crippen molar-refractivity contribution in [1.82, 2.24) is 9.55 Å². The molecule has 5 nitrogen and oxygen atoms in total. The molecule has 0 atom stereocenters. The van der Waals surface area contributed by atoms with Crippen molar-refractivity contribution in [3.8, 4) is 50.7 Å². The molecule has 0 amide bonds. The SMILES string of the molecule is CC(C)c1cc(C(C)C)c(-c2cc(Oc3cc(C(C)(C)C)c4c5c6sc7ccccc7c6ccc5n(-c5cc(C(C)(C)C)ccn5)c4c3)cc(N3CN(c4c(-c5cc(C(C)(C)C)cc(C(C)(C)C)c5)cccc4-c4cc(C(C)(C)C)cc(C(C)(C)C)c4)c4ccccc43)c2)c(C(C)C)c1. The Balaban J connectivity index is 1.08. The molecule has 3 aromatic heterocycles. The lowest BCUT2D eigenvalue weighted by Crippen LogP contribution is -2.25. The molecule has 1 aliphatic heterocycles. The molecule has 0 unspecified atom stereocenters. The van der Waals surface area contributed by atoms with Gasteiger partial charge in [0.25, 0.3) is 0 Å². The molecule has 0 bridgehead atoms. The number of aromatic nitrogens is 2. The van der Waals surface area contributed by atoms with Crippen molar-refractivity contribution in [2.75, 3.05) is 16.5 Å². The van der Waals surface area contributed by atoms with Crippen molar-refractivity contribution in [3.63, 3.8) is 0 Å². The van der Waals surface area contributed by atoms with Gasteiger partial charge in [-0.3, -0.25) is 4.57 Å². The predicted molar refractivity (Wildman–Crippen MR) is 431 cm³/mol. The summed E-state index contributed by atoms with van der Waals surface area (Å²) < 4.78 is 12.8.